The molecule has 0 unspecified atom stereocenters. The average molecular weight is 386 g/mol. The van der Waals surface area contributed by atoms with Crippen LogP contribution in [0.3, 0.4) is 0 Å². The third-order valence-electron chi connectivity index (χ3n) is 3.98. The summed E-state index contributed by atoms with van der Waals surface area (Å²) in [5.41, 5.74) is 1.70. The fourth-order valence-electron chi connectivity index (χ4n) is 2.52. The molecule has 0 aliphatic carbocycles. The van der Waals surface area contributed by atoms with Crippen LogP contribution in [0.15, 0.2) is 85.3 Å². The van der Waals surface area contributed by atoms with Gasteiger partial charge in [-0.3, -0.25) is 4.79 Å². The minimum atomic E-state index is -0.349. The third-order valence-corrected chi connectivity index (χ3v) is 3.98. The first-order chi connectivity index (χ1) is 14.2. The molecule has 2 aromatic carbocycles. The van der Waals surface area contributed by atoms with Crippen LogP contribution < -0.4 is 10.1 Å². The van der Waals surface area contributed by atoms with Crippen LogP contribution >= 0.6 is 0 Å². The maximum absolute atomic E-state index is 12.9. The van der Waals surface area contributed by atoms with Crippen LogP contribution in [0.2, 0.25) is 0 Å². The van der Waals surface area contributed by atoms with Gasteiger partial charge >= 0.3 is 0 Å². The molecule has 0 saturated carbocycles. The van der Waals surface area contributed by atoms with Crippen LogP contribution in [0.4, 0.5) is 10.1 Å². The van der Waals surface area contributed by atoms with Crippen LogP contribution in [0.5, 0.6) is 11.6 Å². The first kappa shape index (κ1) is 18.2. The quantitative estimate of drug-likeness (QED) is 0.537. The Morgan fingerprint density at radius 1 is 0.828 bits per heavy atom. The van der Waals surface area contributed by atoms with Gasteiger partial charge in [0.25, 0.3) is 5.91 Å². The minimum absolute atomic E-state index is 0.324. The number of carbonyl (C=O) groups excluding carboxylic acids is 1. The Morgan fingerprint density at radius 2 is 1.55 bits per heavy atom. The number of amides is 1. The van der Waals surface area contributed by atoms with Gasteiger partial charge in [-0.05, 0) is 30.3 Å². The molecule has 0 aliphatic rings. The number of benzene rings is 2. The monoisotopic (exact) mass is 386 g/mol. The van der Waals surface area contributed by atoms with Crippen molar-refractivity contribution >= 4 is 11.6 Å². The van der Waals surface area contributed by atoms with E-state index in [-0.39, 0.29) is 11.7 Å². The Labute approximate surface area is 166 Å². The SMILES string of the molecule is O=C(Nc1ccc(Oc2ccc(F)cc2)nc1)c1cnc(-c2ccccc2)nc1. The summed E-state index contributed by atoms with van der Waals surface area (Å²) in [6.45, 7) is 0. The molecule has 0 spiro atoms. The molecule has 0 saturated heterocycles. The summed E-state index contributed by atoms with van der Waals surface area (Å²) in [6.07, 6.45) is 4.42. The second-order valence-electron chi connectivity index (χ2n) is 6.06. The normalized spacial score (nSPS) is 10.4. The van der Waals surface area contributed by atoms with E-state index in [1.807, 2.05) is 30.3 Å². The van der Waals surface area contributed by atoms with Crippen LogP contribution in [-0.4, -0.2) is 20.9 Å². The van der Waals surface area contributed by atoms with Crippen molar-refractivity contribution in [1.29, 1.82) is 0 Å². The lowest BCUT2D eigenvalue weighted by Crippen LogP contribution is -2.13. The lowest BCUT2D eigenvalue weighted by molar-refractivity contribution is 0.102. The van der Waals surface area contributed by atoms with E-state index in [2.05, 4.69) is 20.3 Å². The predicted octanol–water partition coefficient (Wildman–Crippen LogP) is 4.72. The molecule has 1 amide bonds. The molecule has 0 aliphatic heterocycles. The van der Waals surface area contributed by atoms with E-state index in [0.29, 0.717) is 28.7 Å². The molecule has 0 atom stereocenters. The number of aromatic nitrogens is 3. The van der Waals surface area contributed by atoms with E-state index in [1.165, 1.54) is 42.9 Å². The number of nitrogens with zero attached hydrogens (tertiary/aromatic N) is 3. The van der Waals surface area contributed by atoms with Crippen molar-refractivity contribution in [1.82, 2.24) is 15.0 Å². The lowest BCUT2D eigenvalue weighted by Gasteiger charge is -2.07. The lowest BCUT2D eigenvalue weighted by atomic mass is 10.2. The smallest absolute Gasteiger partial charge is 0.258 e. The zero-order valence-electron chi connectivity index (χ0n) is 15.1. The van der Waals surface area contributed by atoms with Gasteiger partial charge in [0.15, 0.2) is 5.82 Å². The molecule has 7 heteroatoms. The standard InChI is InChI=1S/C22H15FN4O2/c23-17-6-9-19(10-7-17)29-20-11-8-18(14-24-20)27-22(28)16-12-25-21(26-13-16)15-4-2-1-3-5-15/h1-14H,(H,27,28). The molecular formula is C22H15FN4O2. The summed E-state index contributed by atoms with van der Waals surface area (Å²) in [5, 5.41) is 2.73. The number of hydrogen-bond acceptors (Lipinski definition) is 5. The maximum Gasteiger partial charge on any atom is 0.258 e. The van der Waals surface area contributed by atoms with E-state index in [0.717, 1.165) is 5.56 Å². The van der Waals surface area contributed by atoms with Crippen molar-refractivity contribution in [2.45, 2.75) is 0 Å². The average Bonchev–Trinajstić information content (AvgIpc) is 2.77. The van der Waals surface area contributed by atoms with Crippen LogP contribution in [0, 0.1) is 5.82 Å². The van der Waals surface area contributed by atoms with Crippen molar-refractivity contribution in [3.8, 4) is 23.0 Å². The van der Waals surface area contributed by atoms with E-state index in [4.69, 9.17) is 4.74 Å². The second kappa shape index (κ2) is 8.26. The van der Waals surface area contributed by atoms with Crippen LogP contribution in [0.25, 0.3) is 11.4 Å². The number of pyridine rings is 1. The van der Waals surface area contributed by atoms with Gasteiger partial charge in [0, 0.05) is 24.0 Å². The summed E-state index contributed by atoms with van der Waals surface area (Å²) in [7, 11) is 0. The molecule has 142 valence electrons. The second-order valence-corrected chi connectivity index (χ2v) is 6.06. The molecule has 0 fully saturated rings. The molecule has 4 aromatic rings. The van der Waals surface area contributed by atoms with Gasteiger partial charge in [0.1, 0.15) is 11.6 Å². The Hall–Kier alpha value is -4.13. The third kappa shape index (κ3) is 4.59. The molecule has 29 heavy (non-hydrogen) atoms. The Bertz CT molecular complexity index is 1100. The zero-order chi connectivity index (χ0) is 20.1. The summed E-state index contributed by atoms with van der Waals surface area (Å²) in [6, 6.07) is 18.4. The molecule has 0 bridgehead atoms. The first-order valence-electron chi connectivity index (χ1n) is 8.76. The predicted molar refractivity (Wildman–Crippen MR) is 106 cm³/mol. The summed E-state index contributed by atoms with van der Waals surface area (Å²) in [4.78, 5) is 25.0. The van der Waals surface area contributed by atoms with Gasteiger partial charge in [-0.15, -0.1) is 0 Å². The summed E-state index contributed by atoms with van der Waals surface area (Å²) >= 11 is 0. The summed E-state index contributed by atoms with van der Waals surface area (Å²) in [5.74, 6) is 0.644. The molecule has 2 heterocycles. The van der Waals surface area contributed by atoms with Gasteiger partial charge in [0.05, 0.1) is 17.4 Å². The fraction of sp³-hybridized carbons (Fsp3) is 0. The Morgan fingerprint density at radius 3 is 2.21 bits per heavy atom. The summed E-state index contributed by atoms with van der Waals surface area (Å²) < 4.78 is 18.5. The van der Waals surface area contributed by atoms with Gasteiger partial charge in [0.2, 0.25) is 5.88 Å². The number of rotatable bonds is 5. The Balaban J connectivity index is 1.39. The van der Waals surface area contributed by atoms with Gasteiger partial charge in [-0.25, -0.2) is 19.3 Å². The van der Waals surface area contributed by atoms with E-state index in [1.54, 1.807) is 12.1 Å². The van der Waals surface area contributed by atoms with Crippen molar-refractivity contribution in [2.75, 3.05) is 5.32 Å². The molecule has 1 N–H and O–H groups in total. The highest BCUT2D eigenvalue weighted by Gasteiger charge is 2.09. The molecule has 4 rings (SSSR count). The van der Waals surface area contributed by atoms with Crippen molar-refractivity contribution < 1.29 is 13.9 Å². The number of halogens is 1. The highest BCUT2D eigenvalue weighted by Crippen LogP contribution is 2.21. The molecule has 6 nitrogen and oxygen atoms in total. The number of carbonyl (C=O) groups is 1. The Kier molecular flexibility index (Phi) is 5.20. The van der Waals surface area contributed by atoms with Crippen molar-refractivity contribution in [2.24, 2.45) is 0 Å². The number of nitrogens with one attached hydrogen (secondary N) is 1. The van der Waals surface area contributed by atoms with Gasteiger partial charge < -0.3 is 10.1 Å². The minimum Gasteiger partial charge on any atom is -0.439 e. The topological polar surface area (TPSA) is 77.0 Å². The highest BCUT2D eigenvalue weighted by atomic mass is 19.1. The molecule has 0 radical (unpaired) electrons. The van der Waals surface area contributed by atoms with Gasteiger partial charge in [-0.1, -0.05) is 30.3 Å². The van der Waals surface area contributed by atoms with E-state index in [9.17, 15) is 9.18 Å². The van der Waals surface area contributed by atoms with Crippen molar-refractivity contribution in [3.05, 3.63) is 96.7 Å². The maximum atomic E-state index is 12.9. The largest absolute Gasteiger partial charge is 0.439 e. The first-order valence-corrected chi connectivity index (χ1v) is 8.76. The highest BCUT2D eigenvalue weighted by molar-refractivity contribution is 6.03. The number of hydrogen-bond donors (Lipinski definition) is 1. The van der Waals surface area contributed by atoms with Crippen molar-refractivity contribution in [3.63, 3.8) is 0 Å². The van der Waals surface area contributed by atoms with Crippen LogP contribution in [0.1, 0.15) is 10.4 Å². The molecule has 2 aromatic heterocycles. The zero-order valence-corrected chi connectivity index (χ0v) is 15.1. The van der Waals surface area contributed by atoms with E-state index >= 15 is 0 Å². The van der Waals surface area contributed by atoms with E-state index < -0.39 is 0 Å². The van der Waals surface area contributed by atoms with Gasteiger partial charge in [-0.2, -0.15) is 0 Å². The number of ether oxygens (including phenoxy) is 1. The number of anilines is 1. The fourth-order valence-corrected chi connectivity index (χ4v) is 2.52. The van der Waals surface area contributed by atoms with Crippen LogP contribution in [-0.2, 0) is 0 Å². The molecular weight excluding hydrogens is 371 g/mol.